The molecule has 0 radical (unpaired) electrons. The van der Waals surface area contributed by atoms with E-state index in [1.54, 1.807) is 0 Å². The van der Waals surface area contributed by atoms with Gasteiger partial charge in [0.15, 0.2) is 5.82 Å². The summed E-state index contributed by atoms with van der Waals surface area (Å²) in [6, 6.07) is 8.53. The smallest absolute Gasteiger partial charge is 0.307 e. The lowest BCUT2D eigenvalue weighted by Crippen LogP contribution is -2.35. The van der Waals surface area contributed by atoms with E-state index in [-0.39, 0.29) is 5.92 Å². The Morgan fingerprint density at radius 2 is 2.04 bits per heavy atom. The molecule has 26 heavy (non-hydrogen) atoms. The molecule has 0 aliphatic carbocycles. The summed E-state index contributed by atoms with van der Waals surface area (Å²) >= 11 is 0. The number of tetrazole rings is 1. The van der Waals surface area contributed by atoms with Crippen molar-refractivity contribution in [3.8, 4) is 0 Å². The van der Waals surface area contributed by atoms with Gasteiger partial charge in [0.25, 0.3) is 0 Å². The fraction of sp³-hybridized carbons (Fsp3) is 0.579. The van der Waals surface area contributed by atoms with E-state index < -0.39 is 17.3 Å². The van der Waals surface area contributed by atoms with Gasteiger partial charge < -0.3 is 10.4 Å². The van der Waals surface area contributed by atoms with Gasteiger partial charge in [-0.3, -0.25) is 4.79 Å². The zero-order chi connectivity index (χ0) is 18.7. The van der Waals surface area contributed by atoms with Gasteiger partial charge in [-0.25, -0.2) is 5.10 Å². The summed E-state index contributed by atoms with van der Waals surface area (Å²) in [4.78, 5) is 12.0. The van der Waals surface area contributed by atoms with Crippen LogP contribution in [0.4, 0.5) is 0 Å². The molecular formula is C19H27N5O2. The fourth-order valence-corrected chi connectivity index (χ4v) is 3.96. The number of H-pyrrole nitrogens is 1. The van der Waals surface area contributed by atoms with E-state index in [9.17, 15) is 9.90 Å². The molecule has 2 aromatic rings. The van der Waals surface area contributed by atoms with Crippen molar-refractivity contribution in [2.24, 2.45) is 11.3 Å². The number of rotatable bonds is 6. The Morgan fingerprint density at radius 1 is 1.31 bits per heavy atom. The summed E-state index contributed by atoms with van der Waals surface area (Å²) in [5, 5.41) is 27.4. The third-order valence-electron chi connectivity index (χ3n) is 5.28. The Kier molecular flexibility index (Phi) is 5.36. The van der Waals surface area contributed by atoms with Crippen LogP contribution in [0.15, 0.2) is 24.3 Å². The van der Waals surface area contributed by atoms with E-state index in [0.29, 0.717) is 18.2 Å². The number of hydrogen-bond donors (Lipinski definition) is 3. The number of hydrogen-bond acceptors (Lipinski definition) is 5. The van der Waals surface area contributed by atoms with Gasteiger partial charge in [-0.05, 0) is 52.3 Å². The molecule has 1 aromatic carbocycles. The standard InChI is InChI=1S/C19H27N5O2/c1-19(2,3)16(18(25)26)15(17-21-23-24-22-17)10-12-4-6-13(7-5-12)14-8-9-20-11-14/h4-7,14-16,20H,8-11H2,1-3H3,(H,25,26)(H,21,22,23,24)/t14?,15-,16-/m0/s1. The summed E-state index contributed by atoms with van der Waals surface area (Å²) < 4.78 is 0. The summed E-state index contributed by atoms with van der Waals surface area (Å²) in [5.74, 6) is -0.652. The van der Waals surface area contributed by atoms with E-state index >= 15 is 0 Å². The first-order valence-electron chi connectivity index (χ1n) is 9.12. The third-order valence-corrected chi connectivity index (χ3v) is 5.28. The van der Waals surface area contributed by atoms with Crippen molar-refractivity contribution in [1.82, 2.24) is 25.9 Å². The van der Waals surface area contributed by atoms with E-state index in [2.05, 4.69) is 50.2 Å². The number of carboxylic acid groups (broad SMARTS) is 1. The van der Waals surface area contributed by atoms with Gasteiger partial charge in [0.1, 0.15) is 0 Å². The second-order valence-corrected chi connectivity index (χ2v) is 8.21. The number of nitrogens with one attached hydrogen (secondary N) is 2. The SMILES string of the molecule is CC(C)(C)[C@H](C(=O)O)[C@H](Cc1ccc(C2CCNC2)cc1)c1nnn[nH]1. The third kappa shape index (κ3) is 4.09. The average molecular weight is 357 g/mol. The van der Waals surface area contributed by atoms with Crippen molar-refractivity contribution in [2.45, 2.75) is 45.4 Å². The fourth-order valence-electron chi connectivity index (χ4n) is 3.96. The topological polar surface area (TPSA) is 104 Å². The number of carbonyl (C=O) groups is 1. The molecule has 140 valence electrons. The highest BCUT2D eigenvalue weighted by Crippen LogP contribution is 2.39. The molecule has 7 heteroatoms. The zero-order valence-electron chi connectivity index (χ0n) is 15.6. The minimum atomic E-state index is -0.826. The Bertz CT molecular complexity index is 715. The first-order chi connectivity index (χ1) is 12.4. The highest BCUT2D eigenvalue weighted by molar-refractivity contribution is 5.72. The van der Waals surface area contributed by atoms with Crippen molar-refractivity contribution >= 4 is 5.97 Å². The van der Waals surface area contributed by atoms with Crippen LogP contribution in [-0.4, -0.2) is 44.8 Å². The predicted molar refractivity (Wildman–Crippen MR) is 97.9 cm³/mol. The van der Waals surface area contributed by atoms with Gasteiger partial charge >= 0.3 is 5.97 Å². The molecule has 3 atom stereocenters. The number of nitrogens with zero attached hydrogens (tertiary/aromatic N) is 3. The van der Waals surface area contributed by atoms with Gasteiger partial charge in [-0.1, -0.05) is 45.0 Å². The Labute approximate surface area is 153 Å². The summed E-state index contributed by atoms with van der Waals surface area (Å²) in [6.45, 7) is 7.92. The molecule has 0 spiro atoms. The molecule has 0 amide bonds. The number of aromatic amines is 1. The average Bonchev–Trinajstić information content (AvgIpc) is 3.27. The number of aliphatic carboxylic acids is 1. The van der Waals surface area contributed by atoms with E-state index in [0.717, 1.165) is 25.1 Å². The van der Waals surface area contributed by atoms with Crippen LogP contribution in [0.3, 0.4) is 0 Å². The van der Waals surface area contributed by atoms with Crippen molar-refractivity contribution < 1.29 is 9.90 Å². The predicted octanol–water partition coefficient (Wildman–Crippen LogP) is 2.35. The molecule has 1 saturated heterocycles. The lowest BCUT2D eigenvalue weighted by atomic mass is 9.71. The van der Waals surface area contributed by atoms with Gasteiger partial charge in [0, 0.05) is 12.5 Å². The zero-order valence-corrected chi connectivity index (χ0v) is 15.6. The van der Waals surface area contributed by atoms with Crippen molar-refractivity contribution in [1.29, 1.82) is 0 Å². The molecule has 1 unspecified atom stereocenters. The maximum absolute atomic E-state index is 12.0. The van der Waals surface area contributed by atoms with Crippen molar-refractivity contribution in [3.63, 3.8) is 0 Å². The Hall–Kier alpha value is -2.28. The minimum Gasteiger partial charge on any atom is -0.481 e. The number of benzene rings is 1. The van der Waals surface area contributed by atoms with Crippen LogP contribution < -0.4 is 5.32 Å². The first kappa shape index (κ1) is 18.5. The van der Waals surface area contributed by atoms with Gasteiger partial charge in [0.05, 0.1) is 5.92 Å². The molecule has 0 saturated carbocycles. The maximum atomic E-state index is 12.0. The normalized spacial score (nSPS) is 20.0. The van der Waals surface area contributed by atoms with Gasteiger partial charge in [-0.2, -0.15) is 0 Å². The lowest BCUT2D eigenvalue weighted by Gasteiger charge is -2.32. The van der Waals surface area contributed by atoms with E-state index in [1.807, 2.05) is 20.8 Å². The van der Waals surface area contributed by atoms with Crippen LogP contribution in [-0.2, 0) is 11.2 Å². The summed E-state index contributed by atoms with van der Waals surface area (Å²) in [7, 11) is 0. The maximum Gasteiger partial charge on any atom is 0.307 e. The molecule has 1 aromatic heterocycles. The second-order valence-electron chi connectivity index (χ2n) is 8.21. The Morgan fingerprint density at radius 3 is 2.54 bits per heavy atom. The van der Waals surface area contributed by atoms with Crippen LogP contribution in [0.25, 0.3) is 0 Å². The highest BCUT2D eigenvalue weighted by Gasteiger charge is 2.40. The molecule has 7 nitrogen and oxygen atoms in total. The van der Waals surface area contributed by atoms with E-state index in [1.165, 1.54) is 5.56 Å². The molecule has 0 bridgehead atoms. The van der Waals surface area contributed by atoms with Gasteiger partial charge in [-0.15, -0.1) is 5.10 Å². The first-order valence-corrected chi connectivity index (χ1v) is 9.12. The van der Waals surface area contributed by atoms with Crippen LogP contribution in [0, 0.1) is 11.3 Å². The van der Waals surface area contributed by atoms with Crippen LogP contribution in [0.2, 0.25) is 0 Å². The lowest BCUT2D eigenvalue weighted by molar-refractivity contribution is -0.146. The minimum absolute atomic E-state index is 0.318. The molecular weight excluding hydrogens is 330 g/mol. The van der Waals surface area contributed by atoms with E-state index in [4.69, 9.17) is 0 Å². The summed E-state index contributed by atoms with van der Waals surface area (Å²) in [5.41, 5.74) is 2.01. The van der Waals surface area contributed by atoms with Crippen LogP contribution in [0.5, 0.6) is 0 Å². The molecule has 1 aliphatic rings. The largest absolute Gasteiger partial charge is 0.481 e. The second kappa shape index (κ2) is 7.53. The monoisotopic (exact) mass is 357 g/mol. The number of carboxylic acids is 1. The summed E-state index contributed by atoms with van der Waals surface area (Å²) in [6.07, 6.45) is 1.74. The van der Waals surface area contributed by atoms with Crippen LogP contribution >= 0.6 is 0 Å². The number of aromatic nitrogens is 4. The van der Waals surface area contributed by atoms with Gasteiger partial charge in [0.2, 0.25) is 0 Å². The molecule has 3 N–H and O–H groups in total. The molecule has 3 rings (SSSR count). The van der Waals surface area contributed by atoms with Crippen molar-refractivity contribution in [2.75, 3.05) is 13.1 Å². The Balaban J connectivity index is 1.85. The van der Waals surface area contributed by atoms with Crippen LogP contribution in [0.1, 0.15) is 56.0 Å². The highest BCUT2D eigenvalue weighted by atomic mass is 16.4. The quantitative estimate of drug-likeness (QED) is 0.733. The molecule has 1 fully saturated rings. The molecule has 2 heterocycles. The molecule has 1 aliphatic heterocycles. The van der Waals surface area contributed by atoms with Crippen molar-refractivity contribution in [3.05, 3.63) is 41.2 Å².